The maximum atomic E-state index is 14.8. The summed E-state index contributed by atoms with van der Waals surface area (Å²) >= 11 is 0. The minimum atomic E-state index is -1.20. The van der Waals surface area contributed by atoms with Crippen LogP contribution in [0.5, 0.6) is 0 Å². The second-order valence-corrected chi connectivity index (χ2v) is 28.7. The van der Waals surface area contributed by atoms with Crippen molar-refractivity contribution < 1.29 is 57.8 Å². The SMILES string of the molecule is CC[C@H](C)C1CC(=O)N[C@H](C(=O)N2CCCCC2)CC(=O)N(C)C[C@@H](C)CC(=O)CN(C)[C@@H](CC(C)C)C(=O)N(C)C[C@@H](Cc2ccccc2)CC(=O)N[C@@H]([C@@H](C)O)CC(=O)N(C)CC(=O)CN(C)C[C@@H](CC(C)C)CC(=O)NC[C@@H](COC(C)(C)C)C(=O)N1C. The molecule has 8 amide bonds. The smallest absolute Gasteiger partial charge is 0.245 e. The summed E-state index contributed by atoms with van der Waals surface area (Å²) in [6.07, 6.45) is 2.89. The molecule has 2 aliphatic heterocycles. The van der Waals surface area contributed by atoms with Crippen LogP contribution in [0, 0.1) is 41.4 Å². The Labute approximate surface area is 545 Å². The molecule has 516 valence electrons. The predicted octanol–water partition coefficient (Wildman–Crippen LogP) is 5.07. The Morgan fingerprint density at radius 1 is 0.648 bits per heavy atom. The zero-order valence-corrected chi connectivity index (χ0v) is 58.6. The Morgan fingerprint density at radius 3 is 1.85 bits per heavy atom. The minimum absolute atomic E-state index is 0.0244. The van der Waals surface area contributed by atoms with E-state index in [1.165, 1.54) is 23.8 Å². The number of carbonyl (C=O) groups is 10. The number of likely N-dealkylation sites (tertiary alicyclic amines) is 1. The summed E-state index contributed by atoms with van der Waals surface area (Å²) in [6.45, 7) is 22.3. The average molecular weight is 1280 g/mol. The molecule has 2 aliphatic rings. The Hall–Kier alpha value is -5.84. The lowest BCUT2D eigenvalue weighted by atomic mass is 9.92. The van der Waals surface area contributed by atoms with Crippen LogP contribution in [-0.2, 0) is 59.1 Å². The van der Waals surface area contributed by atoms with Gasteiger partial charge in [-0.15, -0.1) is 0 Å². The molecule has 0 radical (unpaired) electrons. The molecule has 22 heteroatoms. The Kier molecular flexibility index (Phi) is 34.0. The first-order valence-electron chi connectivity index (χ1n) is 33.5. The summed E-state index contributed by atoms with van der Waals surface area (Å²) in [5.74, 6) is -5.10. The molecule has 1 aromatic rings. The van der Waals surface area contributed by atoms with E-state index < -0.39 is 71.3 Å². The number of ketones is 2. The highest BCUT2D eigenvalue weighted by atomic mass is 16.5. The van der Waals surface area contributed by atoms with Crippen molar-refractivity contribution >= 4 is 58.8 Å². The summed E-state index contributed by atoms with van der Waals surface area (Å²) in [5.41, 5.74) is 0.311. The molecule has 0 bridgehead atoms. The fourth-order valence-electron chi connectivity index (χ4n) is 12.5. The number of likely N-dealkylation sites (N-methyl/N-ethyl adjacent to an activating group) is 4. The second kappa shape index (κ2) is 39.0. The molecule has 10 atom stereocenters. The third-order valence-electron chi connectivity index (χ3n) is 17.6. The van der Waals surface area contributed by atoms with Gasteiger partial charge in [0, 0.05) is 106 Å². The summed E-state index contributed by atoms with van der Waals surface area (Å²) < 4.78 is 6.19. The van der Waals surface area contributed by atoms with Crippen molar-refractivity contribution in [2.75, 3.05) is 108 Å². The zero-order chi connectivity index (χ0) is 68.4. The number of aliphatic hydroxyl groups is 1. The van der Waals surface area contributed by atoms with Crippen LogP contribution in [-0.4, -0.2) is 242 Å². The Bertz CT molecular complexity index is 2500. The normalized spacial score (nSPS) is 26.2. The van der Waals surface area contributed by atoms with Gasteiger partial charge in [-0.1, -0.05) is 85.2 Å². The van der Waals surface area contributed by atoms with E-state index in [1.807, 2.05) is 90.6 Å². The standard InChI is InChI=1S/C69H118N10O12/c1-18-49(7)59-37-63(85)72-58(67(89)79-27-23-20-24-28-79)36-65(87)75(14)39-48(6)31-55(81)43-74(13)60(30-47(4)5)68(90)77(16)41-53(32-51-25-21-19-22-26-51)34-62(84)71-57(50(8)80)35-64(86)76(15)44-56(82)42-73(12)40-52(29-46(2)3)33-61(83)70-38-54(66(88)78(59)17)45-91-69(9,10)11/h19,21-22,25-26,46-50,52-54,57-60,80H,18,20,23-24,27-45H2,1-17H3,(H,70,83)(H,71,84)(H,72,85)/t48-,49-,50+,52-,53-,54-,57+,58-,59?,60-/m0/s1. The lowest BCUT2D eigenvalue weighted by Gasteiger charge is -2.36. The molecule has 1 unspecified atom stereocenters. The van der Waals surface area contributed by atoms with Gasteiger partial charge < -0.3 is 50.3 Å². The van der Waals surface area contributed by atoms with Crippen LogP contribution in [0.2, 0.25) is 0 Å². The van der Waals surface area contributed by atoms with Crippen molar-refractivity contribution in [1.29, 1.82) is 0 Å². The number of hydrogen-bond acceptors (Lipinski definition) is 14. The number of ether oxygens (including phenoxy) is 1. The molecule has 1 aromatic carbocycles. The molecule has 2 saturated heterocycles. The van der Waals surface area contributed by atoms with Crippen molar-refractivity contribution in [3.63, 3.8) is 0 Å². The third-order valence-corrected chi connectivity index (χ3v) is 17.6. The molecule has 2 fully saturated rings. The number of aliphatic hydroxyl groups excluding tert-OH is 1. The minimum Gasteiger partial charge on any atom is -0.391 e. The van der Waals surface area contributed by atoms with E-state index in [-0.39, 0.29) is 149 Å². The van der Waals surface area contributed by atoms with Gasteiger partial charge in [0.05, 0.1) is 62.4 Å². The highest BCUT2D eigenvalue weighted by Crippen LogP contribution is 2.24. The van der Waals surface area contributed by atoms with Gasteiger partial charge >= 0.3 is 0 Å². The van der Waals surface area contributed by atoms with Crippen molar-refractivity contribution in [1.82, 2.24) is 50.2 Å². The van der Waals surface area contributed by atoms with Crippen molar-refractivity contribution in [3.05, 3.63) is 35.9 Å². The number of nitrogens with one attached hydrogen (secondary N) is 3. The average Bonchev–Trinajstić information content (AvgIpc) is 1.43. The second-order valence-electron chi connectivity index (χ2n) is 28.7. The van der Waals surface area contributed by atoms with Gasteiger partial charge in [-0.3, -0.25) is 57.7 Å². The number of benzene rings is 1. The topological polar surface area (TPSA) is 259 Å². The van der Waals surface area contributed by atoms with Crippen LogP contribution >= 0.6 is 0 Å². The first kappa shape index (κ1) is 79.4. The quantitative estimate of drug-likeness (QED) is 0.213. The van der Waals surface area contributed by atoms with Gasteiger partial charge in [0.15, 0.2) is 5.78 Å². The molecule has 22 nitrogen and oxygen atoms in total. The molecule has 0 spiro atoms. The van der Waals surface area contributed by atoms with Gasteiger partial charge in [-0.05, 0) is 121 Å². The molecule has 0 aromatic heterocycles. The number of hydrogen-bond donors (Lipinski definition) is 4. The van der Waals surface area contributed by atoms with E-state index in [0.29, 0.717) is 45.3 Å². The van der Waals surface area contributed by atoms with Crippen LogP contribution in [0.4, 0.5) is 0 Å². The molecule has 4 N–H and O–H groups in total. The van der Waals surface area contributed by atoms with Crippen LogP contribution in [0.1, 0.15) is 159 Å². The van der Waals surface area contributed by atoms with Gasteiger partial charge in [0.1, 0.15) is 11.8 Å². The number of piperidine rings is 1. The molecular formula is C69H118N10O12. The number of nitrogens with zero attached hydrogens (tertiary/aromatic N) is 7. The first-order chi connectivity index (χ1) is 42.6. The van der Waals surface area contributed by atoms with Gasteiger partial charge in [0.25, 0.3) is 0 Å². The van der Waals surface area contributed by atoms with Crippen molar-refractivity contribution in [2.24, 2.45) is 41.4 Å². The summed E-state index contributed by atoms with van der Waals surface area (Å²) in [5, 5.41) is 19.7. The maximum absolute atomic E-state index is 14.8. The van der Waals surface area contributed by atoms with E-state index in [1.54, 1.807) is 54.8 Å². The van der Waals surface area contributed by atoms with Crippen LogP contribution in [0.3, 0.4) is 0 Å². The molecule has 91 heavy (non-hydrogen) atoms. The number of Topliss-reactive ketones (excluding diaryl/α,β-unsaturated/α-hetero) is 2. The largest absolute Gasteiger partial charge is 0.391 e. The molecule has 0 aliphatic carbocycles. The van der Waals surface area contributed by atoms with Gasteiger partial charge in [0.2, 0.25) is 47.3 Å². The Balaban J connectivity index is 2.05. The fraction of sp³-hybridized carbons (Fsp3) is 0.768. The van der Waals surface area contributed by atoms with E-state index in [4.69, 9.17) is 4.74 Å². The molecule has 2 heterocycles. The summed E-state index contributed by atoms with van der Waals surface area (Å²) in [7, 11) is 9.96. The summed E-state index contributed by atoms with van der Waals surface area (Å²) in [4.78, 5) is 153. The number of rotatable bonds is 12. The number of carbonyl (C=O) groups excluding carboxylic acids is 10. The van der Waals surface area contributed by atoms with Crippen molar-refractivity contribution in [2.45, 2.75) is 196 Å². The van der Waals surface area contributed by atoms with Crippen LogP contribution < -0.4 is 16.0 Å². The zero-order valence-electron chi connectivity index (χ0n) is 58.6. The van der Waals surface area contributed by atoms with E-state index in [2.05, 4.69) is 29.8 Å². The van der Waals surface area contributed by atoms with E-state index in [9.17, 15) is 53.1 Å². The lowest BCUT2D eigenvalue weighted by molar-refractivity contribution is -0.144. The first-order valence-corrected chi connectivity index (χ1v) is 33.5. The highest BCUT2D eigenvalue weighted by Gasteiger charge is 2.37. The number of amides is 8. The molecule has 0 saturated carbocycles. The monoisotopic (exact) mass is 1280 g/mol. The van der Waals surface area contributed by atoms with Crippen LogP contribution in [0.25, 0.3) is 0 Å². The van der Waals surface area contributed by atoms with E-state index in [0.717, 1.165) is 24.8 Å². The predicted molar refractivity (Wildman–Crippen MR) is 354 cm³/mol. The van der Waals surface area contributed by atoms with Gasteiger partial charge in [-0.2, -0.15) is 0 Å². The van der Waals surface area contributed by atoms with E-state index >= 15 is 0 Å². The summed E-state index contributed by atoms with van der Waals surface area (Å²) in [6, 6.07) is 6.06. The molecular weight excluding hydrogens is 1160 g/mol. The Morgan fingerprint density at radius 2 is 1.25 bits per heavy atom. The highest BCUT2D eigenvalue weighted by molar-refractivity contribution is 5.93. The van der Waals surface area contributed by atoms with Gasteiger partial charge in [-0.25, -0.2) is 0 Å². The van der Waals surface area contributed by atoms with Crippen LogP contribution in [0.15, 0.2) is 30.3 Å². The fourth-order valence-corrected chi connectivity index (χ4v) is 12.5. The van der Waals surface area contributed by atoms with Crippen molar-refractivity contribution in [3.8, 4) is 0 Å². The maximum Gasteiger partial charge on any atom is 0.245 e. The third kappa shape index (κ3) is 29.3. The lowest BCUT2D eigenvalue weighted by Crippen LogP contribution is -2.54. The molecule has 3 rings (SSSR count).